The Bertz CT molecular complexity index is 891. The molecule has 1 heterocycles. The lowest BCUT2D eigenvalue weighted by molar-refractivity contribution is 0.1000. The summed E-state index contributed by atoms with van der Waals surface area (Å²) in [6, 6.07) is 13.4. The highest BCUT2D eigenvalue weighted by Crippen LogP contribution is 2.29. The second-order valence-electron chi connectivity index (χ2n) is 6.61. The molecule has 0 atom stereocenters. The minimum atomic E-state index is -0.342. The van der Waals surface area contributed by atoms with Gasteiger partial charge in [-0.1, -0.05) is 24.3 Å². The Morgan fingerprint density at radius 3 is 2.79 bits per heavy atom. The lowest BCUT2D eigenvalue weighted by Gasteiger charge is -2.29. The standard InChI is InChI=1S/C20H17FN2O/c1-20(2)11-13-7-8-15(21)9-17(13)18(23-20)10-19(24)16-6-4-3-5-14(16)12-22/h3-9H,10-11H2,1-2H3. The van der Waals surface area contributed by atoms with Crippen LogP contribution < -0.4 is 0 Å². The van der Waals surface area contributed by atoms with Crippen molar-refractivity contribution in [2.75, 3.05) is 0 Å². The van der Waals surface area contributed by atoms with E-state index in [0.717, 1.165) is 5.56 Å². The van der Waals surface area contributed by atoms with Gasteiger partial charge in [-0.2, -0.15) is 5.26 Å². The molecule has 0 aliphatic carbocycles. The number of hydrogen-bond acceptors (Lipinski definition) is 3. The highest BCUT2D eigenvalue weighted by Gasteiger charge is 2.28. The largest absolute Gasteiger partial charge is 0.294 e. The van der Waals surface area contributed by atoms with Gasteiger partial charge in [0.1, 0.15) is 5.82 Å². The molecule has 3 nitrogen and oxygen atoms in total. The fourth-order valence-electron chi connectivity index (χ4n) is 3.11. The molecule has 0 saturated heterocycles. The number of carbonyl (C=O) groups excluding carboxylic acids is 1. The highest BCUT2D eigenvalue weighted by molar-refractivity contribution is 6.17. The predicted octanol–water partition coefficient (Wildman–Crippen LogP) is 4.09. The van der Waals surface area contributed by atoms with Gasteiger partial charge < -0.3 is 0 Å². The maximum Gasteiger partial charge on any atom is 0.170 e. The Labute approximate surface area is 140 Å². The predicted molar refractivity (Wildman–Crippen MR) is 90.8 cm³/mol. The zero-order chi connectivity index (χ0) is 17.3. The van der Waals surface area contributed by atoms with Gasteiger partial charge in [-0.15, -0.1) is 0 Å². The van der Waals surface area contributed by atoms with Gasteiger partial charge in [0.2, 0.25) is 0 Å². The van der Waals surface area contributed by atoms with Crippen LogP contribution in [0, 0.1) is 17.1 Å². The number of halogens is 1. The fraction of sp³-hybridized carbons (Fsp3) is 0.250. The van der Waals surface area contributed by atoms with Crippen molar-refractivity contribution in [3.63, 3.8) is 0 Å². The molecule has 2 aromatic rings. The minimum Gasteiger partial charge on any atom is -0.294 e. The maximum atomic E-state index is 13.7. The molecule has 0 saturated carbocycles. The Hall–Kier alpha value is -2.80. The minimum absolute atomic E-state index is 0.0541. The molecule has 0 amide bonds. The Balaban J connectivity index is 2.00. The van der Waals surface area contributed by atoms with E-state index in [4.69, 9.17) is 5.26 Å². The van der Waals surface area contributed by atoms with Crippen molar-refractivity contribution in [3.05, 3.63) is 70.5 Å². The topological polar surface area (TPSA) is 53.2 Å². The first-order valence-electron chi connectivity index (χ1n) is 7.79. The van der Waals surface area contributed by atoms with Crippen molar-refractivity contribution in [1.29, 1.82) is 5.26 Å². The van der Waals surface area contributed by atoms with Crippen molar-refractivity contribution < 1.29 is 9.18 Å². The van der Waals surface area contributed by atoms with Crippen LogP contribution in [0.25, 0.3) is 0 Å². The van der Waals surface area contributed by atoms with E-state index in [1.54, 1.807) is 30.3 Å². The third-order valence-corrected chi connectivity index (χ3v) is 4.12. The molecule has 1 aliphatic heterocycles. The summed E-state index contributed by atoms with van der Waals surface area (Å²) in [4.78, 5) is 17.3. The van der Waals surface area contributed by atoms with E-state index in [1.807, 2.05) is 19.9 Å². The number of carbonyl (C=O) groups is 1. The Kier molecular flexibility index (Phi) is 4.02. The number of ketones is 1. The molecule has 0 N–H and O–H groups in total. The van der Waals surface area contributed by atoms with Crippen LogP contribution in [-0.2, 0) is 6.42 Å². The first-order chi connectivity index (χ1) is 11.4. The molecule has 3 rings (SSSR count). The molecule has 0 spiro atoms. The van der Waals surface area contributed by atoms with Crippen molar-refractivity contribution in [2.45, 2.75) is 32.2 Å². The highest BCUT2D eigenvalue weighted by atomic mass is 19.1. The first kappa shape index (κ1) is 16.1. The van der Waals surface area contributed by atoms with E-state index in [1.165, 1.54) is 12.1 Å². The lowest BCUT2D eigenvalue weighted by atomic mass is 9.85. The molecule has 2 aromatic carbocycles. The molecule has 24 heavy (non-hydrogen) atoms. The molecule has 0 aromatic heterocycles. The number of hydrogen-bond donors (Lipinski definition) is 0. The number of Topliss-reactive ketones (excluding diaryl/α,β-unsaturated/α-hetero) is 1. The number of rotatable bonds is 3. The molecule has 0 unspecified atom stereocenters. The summed E-state index contributed by atoms with van der Waals surface area (Å²) in [5.41, 5.74) is 2.65. The second-order valence-corrected chi connectivity index (χ2v) is 6.61. The van der Waals surface area contributed by atoms with E-state index < -0.39 is 0 Å². The monoisotopic (exact) mass is 320 g/mol. The second kappa shape index (κ2) is 6.01. The molecule has 120 valence electrons. The molecular formula is C20H17FN2O. The van der Waals surface area contributed by atoms with Gasteiger partial charge in [-0.3, -0.25) is 9.79 Å². The van der Waals surface area contributed by atoms with E-state index in [9.17, 15) is 9.18 Å². The van der Waals surface area contributed by atoms with Crippen molar-refractivity contribution in [3.8, 4) is 6.07 Å². The summed E-state index contributed by atoms with van der Waals surface area (Å²) in [6.07, 6.45) is 0.758. The van der Waals surface area contributed by atoms with Crippen molar-refractivity contribution in [2.24, 2.45) is 4.99 Å². The summed E-state index contributed by atoms with van der Waals surface area (Å²) in [6.45, 7) is 3.99. The van der Waals surface area contributed by atoms with E-state index in [2.05, 4.69) is 4.99 Å². The summed E-state index contributed by atoms with van der Waals surface area (Å²) in [5.74, 6) is -0.523. The van der Waals surface area contributed by atoms with Crippen LogP contribution in [0.3, 0.4) is 0 Å². The quantitative estimate of drug-likeness (QED) is 0.800. The van der Waals surface area contributed by atoms with Crippen LogP contribution in [0.5, 0.6) is 0 Å². The van der Waals surface area contributed by atoms with E-state index in [-0.39, 0.29) is 23.6 Å². The van der Waals surface area contributed by atoms with Gasteiger partial charge in [0.15, 0.2) is 5.78 Å². The molecule has 0 bridgehead atoms. The smallest absolute Gasteiger partial charge is 0.170 e. The van der Waals surface area contributed by atoms with Gasteiger partial charge >= 0.3 is 0 Å². The van der Waals surface area contributed by atoms with Crippen molar-refractivity contribution >= 4 is 11.5 Å². The summed E-state index contributed by atoms with van der Waals surface area (Å²) >= 11 is 0. The zero-order valence-electron chi connectivity index (χ0n) is 13.6. The maximum absolute atomic E-state index is 13.7. The third kappa shape index (κ3) is 3.11. The van der Waals surface area contributed by atoms with Crippen LogP contribution in [0.4, 0.5) is 4.39 Å². The van der Waals surface area contributed by atoms with E-state index in [0.29, 0.717) is 28.8 Å². The van der Waals surface area contributed by atoms with Gasteiger partial charge in [-0.25, -0.2) is 4.39 Å². The van der Waals surface area contributed by atoms with Gasteiger partial charge in [-0.05, 0) is 44.0 Å². The van der Waals surface area contributed by atoms with Crippen LogP contribution in [0.15, 0.2) is 47.5 Å². The normalized spacial score (nSPS) is 15.2. The number of nitrogens with zero attached hydrogens (tertiary/aromatic N) is 2. The fourth-order valence-corrected chi connectivity index (χ4v) is 3.11. The van der Waals surface area contributed by atoms with E-state index >= 15 is 0 Å². The van der Waals surface area contributed by atoms with Crippen LogP contribution >= 0.6 is 0 Å². The molecule has 0 fully saturated rings. The summed E-state index contributed by atoms with van der Waals surface area (Å²) in [7, 11) is 0. The van der Waals surface area contributed by atoms with Crippen LogP contribution in [-0.4, -0.2) is 17.0 Å². The van der Waals surface area contributed by atoms with Gasteiger partial charge in [0.25, 0.3) is 0 Å². The van der Waals surface area contributed by atoms with Crippen LogP contribution in [0.2, 0.25) is 0 Å². The average molecular weight is 320 g/mol. The zero-order valence-corrected chi connectivity index (χ0v) is 13.6. The summed E-state index contributed by atoms with van der Waals surface area (Å²) < 4.78 is 13.7. The van der Waals surface area contributed by atoms with Crippen LogP contribution in [0.1, 0.15) is 47.3 Å². The van der Waals surface area contributed by atoms with Gasteiger partial charge in [0, 0.05) is 11.1 Å². The Morgan fingerprint density at radius 1 is 1.29 bits per heavy atom. The number of benzene rings is 2. The summed E-state index contributed by atoms with van der Waals surface area (Å²) in [5, 5.41) is 9.17. The number of nitriles is 1. The molecule has 4 heteroatoms. The van der Waals surface area contributed by atoms with Gasteiger partial charge in [0.05, 0.1) is 29.3 Å². The average Bonchev–Trinajstić information content (AvgIpc) is 2.54. The first-order valence-corrected chi connectivity index (χ1v) is 7.79. The molecule has 1 aliphatic rings. The Morgan fingerprint density at radius 2 is 2.04 bits per heavy atom. The lowest BCUT2D eigenvalue weighted by Crippen LogP contribution is -2.30. The van der Waals surface area contributed by atoms with Crippen molar-refractivity contribution in [1.82, 2.24) is 0 Å². The SMILES string of the molecule is CC1(C)Cc2ccc(F)cc2C(CC(=O)c2ccccc2C#N)=N1. The molecule has 0 radical (unpaired) electrons. The molecular weight excluding hydrogens is 303 g/mol. The number of fused-ring (bicyclic) bond motifs is 1. The number of aliphatic imine (C=N–C) groups is 1. The third-order valence-electron chi connectivity index (χ3n) is 4.12.